The highest BCUT2D eigenvalue weighted by Gasteiger charge is 2.31. The monoisotopic (exact) mass is 420 g/mol. The fraction of sp³-hybridized carbons (Fsp3) is 0.381. The summed E-state index contributed by atoms with van der Waals surface area (Å²) in [6, 6.07) is 16.2. The Kier molecular flexibility index (Phi) is 10.1. The summed E-state index contributed by atoms with van der Waals surface area (Å²) in [5.74, 6) is -3.54. The van der Waals surface area contributed by atoms with E-state index in [1.165, 1.54) is 0 Å². The van der Waals surface area contributed by atoms with Gasteiger partial charge in [-0.1, -0.05) is 36.4 Å². The van der Waals surface area contributed by atoms with Crippen molar-refractivity contribution >= 4 is 11.9 Å². The minimum atomic E-state index is -2.27. The van der Waals surface area contributed by atoms with E-state index in [0.29, 0.717) is 6.61 Å². The molecule has 2 aromatic rings. The van der Waals surface area contributed by atoms with Crippen molar-refractivity contribution in [3.63, 3.8) is 0 Å². The summed E-state index contributed by atoms with van der Waals surface area (Å²) in [4.78, 5) is 26.1. The number of ether oxygens (including phenoxy) is 1. The van der Waals surface area contributed by atoms with Crippen LogP contribution in [0.4, 0.5) is 0 Å². The lowest BCUT2D eigenvalue weighted by atomic mass is 9.91. The van der Waals surface area contributed by atoms with Crippen LogP contribution >= 0.6 is 0 Å². The third kappa shape index (κ3) is 7.53. The van der Waals surface area contributed by atoms with Crippen molar-refractivity contribution in [2.75, 3.05) is 27.2 Å². The number of aliphatic hydroxyl groups excluding tert-OH is 2. The van der Waals surface area contributed by atoms with Crippen LogP contribution in [0.15, 0.2) is 54.7 Å². The molecule has 2 rings (SSSR count). The van der Waals surface area contributed by atoms with E-state index in [9.17, 15) is 9.59 Å². The number of rotatable bonds is 9. The van der Waals surface area contributed by atoms with Gasteiger partial charge in [-0.2, -0.15) is 0 Å². The molecule has 30 heavy (non-hydrogen) atoms. The highest BCUT2D eigenvalue weighted by Crippen LogP contribution is 2.31. The molecule has 0 aliphatic carbocycles. The van der Waals surface area contributed by atoms with E-state index in [1.807, 2.05) is 56.7 Å². The normalized spacial score (nSPS) is 14.7. The molecule has 0 amide bonds. The molecule has 1 aromatic heterocycles. The third-order valence-corrected chi connectivity index (χ3v) is 4.21. The number of carbonyl (C=O) groups is 2. The SMILES string of the molecule is CN(C)CCO[C@@](C)(c1ccccc1)c1ccccn1.O=C(O)[C@@H](O)[C@H](O)C(=O)O. The summed E-state index contributed by atoms with van der Waals surface area (Å²) in [6.07, 6.45) is -2.72. The molecule has 0 fully saturated rings. The maximum Gasteiger partial charge on any atom is 0.335 e. The Labute approximate surface area is 175 Å². The summed E-state index contributed by atoms with van der Waals surface area (Å²) in [5.41, 5.74) is 1.54. The highest BCUT2D eigenvalue weighted by atomic mass is 16.5. The Bertz CT molecular complexity index is 727. The van der Waals surface area contributed by atoms with Gasteiger partial charge >= 0.3 is 11.9 Å². The van der Waals surface area contributed by atoms with Crippen molar-refractivity contribution in [3.8, 4) is 0 Å². The van der Waals surface area contributed by atoms with Crippen LogP contribution in [-0.2, 0) is 19.9 Å². The quantitative estimate of drug-likeness (QED) is 0.463. The van der Waals surface area contributed by atoms with E-state index in [-0.39, 0.29) is 0 Å². The zero-order valence-corrected chi connectivity index (χ0v) is 17.2. The van der Waals surface area contributed by atoms with Gasteiger partial charge in [0.25, 0.3) is 0 Å². The largest absolute Gasteiger partial charge is 0.479 e. The van der Waals surface area contributed by atoms with Gasteiger partial charge in [0.2, 0.25) is 0 Å². The van der Waals surface area contributed by atoms with Crippen LogP contribution in [0.2, 0.25) is 0 Å². The first kappa shape index (κ1) is 25.2. The number of benzene rings is 1. The van der Waals surface area contributed by atoms with Gasteiger partial charge in [0.05, 0.1) is 12.3 Å². The Morgan fingerprint density at radius 2 is 1.53 bits per heavy atom. The lowest BCUT2D eigenvalue weighted by Gasteiger charge is -2.30. The van der Waals surface area contributed by atoms with Gasteiger partial charge in [0, 0.05) is 12.7 Å². The van der Waals surface area contributed by atoms with Gasteiger partial charge in [-0.3, -0.25) is 4.98 Å². The van der Waals surface area contributed by atoms with Gasteiger partial charge in [-0.05, 0) is 38.7 Å². The topological polar surface area (TPSA) is 140 Å². The Morgan fingerprint density at radius 1 is 1.00 bits per heavy atom. The smallest absolute Gasteiger partial charge is 0.335 e. The van der Waals surface area contributed by atoms with Gasteiger partial charge in [-0.25, -0.2) is 9.59 Å². The first-order valence-electron chi connectivity index (χ1n) is 9.17. The predicted molar refractivity (Wildman–Crippen MR) is 109 cm³/mol. The summed E-state index contributed by atoms with van der Waals surface area (Å²) < 4.78 is 6.21. The summed E-state index contributed by atoms with van der Waals surface area (Å²) >= 11 is 0. The molecule has 0 unspecified atom stereocenters. The van der Waals surface area contributed by atoms with Crippen LogP contribution in [0, 0.1) is 0 Å². The Hall–Kier alpha value is -2.85. The second kappa shape index (κ2) is 12.0. The van der Waals surface area contributed by atoms with E-state index >= 15 is 0 Å². The average molecular weight is 420 g/mol. The standard InChI is InChI=1S/C17H22N2O.C4H6O6/c1-17(20-14-13-19(2)3,15-9-5-4-6-10-15)16-11-7-8-12-18-16;5-1(3(7)8)2(6)4(9)10/h4-12H,13-14H2,1-3H3;1-2,5-6H,(H,7,8)(H,9,10)/t17-;1-,2-/m00/s1. The minimum Gasteiger partial charge on any atom is -0.479 e. The van der Waals surface area contributed by atoms with Crippen LogP contribution in [0.5, 0.6) is 0 Å². The average Bonchev–Trinajstić information content (AvgIpc) is 2.73. The molecule has 4 N–H and O–H groups in total. The number of likely N-dealkylation sites (N-methyl/N-ethyl adjacent to an activating group) is 1. The Balaban J connectivity index is 0.000000382. The van der Waals surface area contributed by atoms with E-state index in [4.69, 9.17) is 25.2 Å². The number of aliphatic hydroxyl groups is 2. The lowest BCUT2D eigenvalue weighted by Crippen LogP contribution is -2.39. The lowest BCUT2D eigenvalue weighted by molar-refractivity contribution is -0.165. The number of hydrogen-bond acceptors (Lipinski definition) is 7. The van der Waals surface area contributed by atoms with Crippen molar-refractivity contribution in [3.05, 3.63) is 66.0 Å². The van der Waals surface area contributed by atoms with Crippen molar-refractivity contribution in [2.45, 2.75) is 24.7 Å². The molecule has 0 saturated heterocycles. The number of pyridine rings is 1. The van der Waals surface area contributed by atoms with Crippen LogP contribution in [-0.4, -0.2) is 81.7 Å². The van der Waals surface area contributed by atoms with Gasteiger partial charge < -0.3 is 30.1 Å². The third-order valence-electron chi connectivity index (χ3n) is 4.21. The van der Waals surface area contributed by atoms with Crippen LogP contribution in [0.25, 0.3) is 0 Å². The first-order chi connectivity index (χ1) is 14.1. The maximum atomic E-state index is 9.77. The second-order valence-corrected chi connectivity index (χ2v) is 6.83. The van der Waals surface area contributed by atoms with Crippen molar-refractivity contribution in [2.24, 2.45) is 0 Å². The first-order valence-corrected chi connectivity index (χ1v) is 9.17. The molecular weight excluding hydrogens is 392 g/mol. The molecule has 9 nitrogen and oxygen atoms in total. The second-order valence-electron chi connectivity index (χ2n) is 6.83. The maximum absolute atomic E-state index is 9.77. The predicted octanol–water partition coefficient (Wildman–Crippen LogP) is 0.801. The number of carboxylic acid groups (broad SMARTS) is 2. The molecule has 164 valence electrons. The molecule has 0 aliphatic heterocycles. The number of aliphatic carboxylic acids is 2. The van der Waals surface area contributed by atoms with E-state index < -0.39 is 29.7 Å². The van der Waals surface area contributed by atoms with Crippen molar-refractivity contribution in [1.29, 1.82) is 0 Å². The number of carboxylic acids is 2. The number of nitrogens with zero attached hydrogens (tertiary/aromatic N) is 2. The molecule has 3 atom stereocenters. The number of hydrogen-bond donors (Lipinski definition) is 4. The molecule has 1 aromatic carbocycles. The molecule has 9 heteroatoms. The van der Waals surface area contributed by atoms with Crippen molar-refractivity contribution < 1.29 is 34.8 Å². The molecule has 1 heterocycles. The van der Waals surface area contributed by atoms with E-state index in [0.717, 1.165) is 17.8 Å². The zero-order chi connectivity index (χ0) is 22.7. The van der Waals surface area contributed by atoms with Crippen LogP contribution in [0.1, 0.15) is 18.2 Å². The molecule has 0 radical (unpaired) electrons. The summed E-state index contributed by atoms with van der Waals surface area (Å²) in [6.45, 7) is 3.63. The summed E-state index contributed by atoms with van der Waals surface area (Å²) in [7, 11) is 4.09. The molecule has 0 aliphatic rings. The fourth-order valence-electron chi connectivity index (χ4n) is 2.41. The number of aromatic nitrogens is 1. The molecular formula is C21H28N2O7. The summed E-state index contributed by atoms with van der Waals surface area (Å²) in [5, 5.41) is 32.5. The van der Waals surface area contributed by atoms with Crippen molar-refractivity contribution in [1.82, 2.24) is 9.88 Å². The van der Waals surface area contributed by atoms with Crippen LogP contribution < -0.4 is 0 Å². The molecule has 0 bridgehead atoms. The fourth-order valence-corrected chi connectivity index (χ4v) is 2.41. The van der Waals surface area contributed by atoms with Gasteiger partial charge in [0.15, 0.2) is 12.2 Å². The van der Waals surface area contributed by atoms with E-state index in [2.05, 4.69) is 28.9 Å². The minimum absolute atomic E-state index is 0.515. The molecule has 0 spiro atoms. The zero-order valence-electron chi connectivity index (χ0n) is 17.2. The van der Waals surface area contributed by atoms with Crippen LogP contribution in [0.3, 0.4) is 0 Å². The molecule has 0 saturated carbocycles. The highest BCUT2D eigenvalue weighted by molar-refractivity contribution is 5.83. The van der Waals surface area contributed by atoms with Gasteiger partial charge in [-0.15, -0.1) is 0 Å². The van der Waals surface area contributed by atoms with Gasteiger partial charge in [0.1, 0.15) is 5.60 Å². The Morgan fingerprint density at radius 3 is 1.97 bits per heavy atom. The van der Waals surface area contributed by atoms with E-state index in [1.54, 1.807) is 0 Å².